The Labute approximate surface area is 126 Å². The zero-order valence-electron chi connectivity index (χ0n) is 13.2. The Morgan fingerprint density at radius 2 is 1.71 bits per heavy atom. The van der Waals surface area contributed by atoms with Crippen molar-refractivity contribution in [2.24, 2.45) is 0 Å². The average Bonchev–Trinajstić information content (AvgIpc) is 2.47. The number of rotatable bonds is 8. The number of aryl methyl sites for hydroxylation is 2. The Morgan fingerprint density at radius 3 is 2.43 bits per heavy atom. The van der Waals surface area contributed by atoms with Gasteiger partial charge in [-0.2, -0.15) is 4.98 Å². The van der Waals surface area contributed by atoms with Crippen molar-refractivity contribution in [3.63, 3.8) is 0 Å². The van der Waals surface area contributed by atoms with Crippen molar-refractivity contribution >= 4 is 10.9 Å². The van der Waals surface area contributed by atoms with Gasteiger partial charge in [-0.05, 0) is 37.3 Å². The van der Waals surface area contributed by atoms with Crippen molar-refractivity contribution in [3.8, 4) is 0 Å². The molecule has 114 valence electrons. The highest BCUT2D eigenvalue weighted by Gasteiger charge is 2.09. The summed E-state index contributed by atoms with van der Waals surface area (Å²) < 4.78 is 0. The molecule has 0 unspecified atom stereocenters. The second kappa shape index (κ2) is 7.96. The van der Waals surface area contributed by atoms with Gasteiger partial charge in [-0.25, -0.2) is 4.79 Å². The molecule has 2 rings (SSSR count). The number of aromatic nitrogens is 2. The van der Waals surface area contributed by atoms with E-state index in [2.05, 4.69) is 29.9 Å². The number of H-pyrrole nitrogens is 1. The number of hydrogen-bond acceptors (Lipinski definition) is 2. The highest BCUT2D eigenvalue weighted by molar-refractivity contribution is 5.84. The summed E-state index contributed by atoms with van der Waals surface area (Å²) in [4.78, 5) is 18.9. The van der Waals surface area contributed by atoms with Crippen LogP contribution in [0.2, 0.25) is 0 Å². The number of benzene rings is 1. The summed E-state index contributed by atoms with van der Waals surface area (Å²) in [5.74, 6) is 0. The molecule has 0 bridgehead atoms. The lowest BCUT2D eigenvalue weighted by Gasteiger charge is -2.10. The summed E-state index contributed by atoms with van der Waals surface area (Å²) in [6.07, 6.45) is 9.19. The summed E-state index contributed by atoms with van der Waals surface area (Å²) in [6, 6.07) is 6.16. The largest absolute Gasteiger partial charge is 0.345 e. The summed E-state index contributed by atoms with van der Waals surface area (Å²) in [5, 5.41) is 1.18. The second-order valence-corrected chi connectivity index (χ2v) is 5.75. The third-order valence-electron chi connectivity index (χ3n) is 3.99. The standard InChI is InChI=1S/C18H26N2O/c1-3-5-7-10-14-11-9-13-16-17(14)15(12-8-6-4-2)19-18(21)20-16/h9,11,13H,3-8,10,12H2,1-2H3,(H,19,20,21). The van der Waals surface area contributed by atoms with Gasteiger partial charge in [-0.15, -0.1) is 0 Å². The number of aromatic amines is 1. The third-order valence-corrected chi connectivity index (χ3v) is 3.99. The molecular weight excluding hydrogens is 260 g/mol. The molecule has 2 aromatic rings. The number of fused-ring (bicyclic) bond motifs is 1. The van der Waals surface area contributed by atoms with Crippen LogP contribution in [0, 0.1) is 0 Å². The third kappa shape index (κ3) is 4.16. The Bertz CT molecular complexity index is 631. The van der Waals surface area contributed by atoms with Gasteiger partial charge >= 0.3 is 5.69 Å². The Balaban J connectivity index is 2.36. The quantitative estimate of drug-likeness (QED) is 0.732. The summed E-state index contributed by atoms with van der Waals surface area (Å²) in [7, 11) is 0. The van der Waals surface area contributed by atoms with Gasteiger partial charge in [0, 0.05) is 11.1 Å². The average molecular weight is 286 g/mol. The van der Waals surface area contributed by atoms with Crippen LogP contribution in [0.25, 0.3) is 10.9 Å². The molecule has 0 aliphatic rings. The van der Waals surface area contributed by atoms with E-state index in [1.165, 1.54) is 43.1 Å². The van der Waals surface area contributed by atoms with E-state index < -0.39 is 0 Å². The highest BCUT2D eigenvalue weighted by atomic mass is 16.1. The zero-order valence-corrected chi connectivity index (χ0v) is 13.2. The van der Waals surface area contributed by atoms with E-state index in [4.69, 9.17) is 0 Å². The lowest BCUT2D eigenvalue weighted by Crippen LogP contribution is -2.14. The fourth-order valence-corrected chi connectivity index (χ4v) is 2.87. The molecule has 0 aliphatic heterocycles. The first kappa shape index (κ1) is 15.7. The van der Waals surface area contributed by atoms with Crippen LogP contribution in [0.5, 0.6) is 0 Å². The van der Waals surface area contributed by atoms with Gasteiger partial charge in [0.25, 0.3) is 0 Å². The maximum Gasteiger partial charge on any atom is 0.345 e. The van der Waals surface area contributed by atoms with E-state index in [-0.39, 0.29) is 5.69 Å². The normalized spacial score (nSPS) is 11.1. The Morgan fingerprint density at radius 1 is 1.00 bits per heavy atom. The van der Waals surface area contributed by atoms with Gasteiger partial charge in [-0.3, -0.25) is 0 Å². The molecule has 1 heterocycles. The monoisotopic (exact) mass is 286 g/mol. The zero-order chi connectivity index (χ0) is 15.1. The van der Waals surface area contributed by atoms with E-state index >= 15 is 0 Å². The van der Waals surface area contributed by atoms with Crippen molar-refractivity contribution in [1.82, 2.24) is 9.97 Å². The van der Waals surface area contributed by atoms with Crippen LogP contribution in [-0.4, -0.2) is 9.97 Å². The summed E-state index contributed by atoms with van der Waals surface area (Å²) in [6.45, 7) is 4.42. The van der Waals surface area contributed by atoms with Crippen molar-refractivity contribution in [1.29, 1.82) is 0 Å². The minimum atomic E-state index is -0.222. The Hall–Kier alpha value is -1.64. The number of nitrogens with one attached hydrogen (secondary N) is 1. The predicted octanol–water partition coefficient (Wildman–Crippen LogP) is 4.39. The molecule has 3 nitrogen and oxygen atoms in total. The van der Waals surface area contributed by atoms with E-state index in [1.807, 2.05) is 12.1 Å². The van der Waals surface area contributed by atoms with E-state index in [0.717, 1.165) is 30.5 Å². The van der Waals surface area contributed by atoms with Crippen LogP contribution in [0.3, 0.4) is 0 Å². The van der Waals surface area contributed by atoms with Crippen molar-refractivity contribution in [3.05, 3.63) is 39.9 Å². The molecule has 21 heavy (non-hydrogen) atoms. The molecule has 0 aliphatic carbocycles. The van der Waals surface area contributed by atoms with Crippen LogP contribution in [0.15, 0.2) is 23.0 Å². The minimum absolute atomic E-state index is 0.222. The second-order valence-electron chi connectivity index (χ2n) is 5.75. The van der Waals surface area contributed by atoms with Crippen LogP contribution in [0.1, 0.15) is 63.6 Å². The van der Waals surface area contributed by atoms with E-state index in [0.29, 0.717) is 0 Å². The van der Waals surface area contributed by atoms with Gasteiger partial charge < -0.3 is 4.98 Å². The molecule has 0 atom stereocenters. The summed E-state index contributed by atoms with van der Waals surface area (Å²) >= 11 is 0. The van der Waals surface area contributed by atoms with Gasteiger partial charge in [0.15, 0.2) is 0 Å². The molecule has 0 spiro atoms. The highest BCUT2D eigenvalue weighted by Crippen LogP contribution is 2.22. The molecule has 1 N–H and O–H groups in total. The molecule has 0 saturated carbocycles. The lowest BCUT2D eigenvalue weighted by molar-refractivity contribution is 0.704. The van der Waals surface area contributed by atoms with Gasteiger partial charge in [0.1, 0.15) is 0 Å². The van der Waals surface area contributed by atoms with E-state index in [9.17, 15) is 4.79 Å². The predicted molar refractivity (Wildman–Crippen MR) is 88.8 cm³/mol. The number of nitrogens with zero attached hydrogens (tertiary/aromatic N) is 1. The summed E-state index contributed by atoms with van der Waals surface area (Å²) in [5.41, 5.74) is 3.03. The smallest absolute Gasteiger partial charge is 0.309 e. The maximum absolute atomic E-state index is 11.7. The van der Waals surface area contributed by atoms with Crippen LogP contribution in [-0.2, 0) is 12.8 Å². The number of unbranched alkanes of at least 4 members (excludes halogenated alkanes) is 4. The van der Waals surface area contributed by atoms with Crippen LogP contribution < -0.4 is 5.69 Å². The van der Waals surface area contributed by atoms with Crippen LogP contribution >= 0.6 is 0 Å². The fraction of sp³-hybridized carbons (Fsp3) is 0.556. The molecule has 0 saturated heterocycles. The van der Waals surface area contributed by atoms with Gasteiger partial charge in [0.05, 0.1) is 5.52 Å². The maximum atomic E-state index is 11.7. The Kier molecular flexibility index (Phi) is 5.97. The van der Waals surface area contributed by atoms with Crippen molar-refractivity contribution in [2.45, 2.75) is 65.2 Å². The fourth-order valence-electron chi connectivity index (χ4n) is 2.87. The molecule has 0 fully saturated rings. The molecule has 0 amide bonds. The number of hydrogen-bond donors (Lipinski definition) is 1. The van der Waals surface area contributed by atoms with Gasteiger partial charge in [0.2, 0.25) is 0 Å². The SMILES string of the molecule is CCCCCc1cccc2nc(=O)[nH]c(CCCCC)c12. The first-order chi connectivity index (χ1) is 10.3. The molecule has 3 heteroatoms. The van der Waals surface area contributed by atoms with Crippen molar-refractivity contribution in [2.75, 3.05) is 0 Å². The van der Waals surface area contributed by atoms with Crippen LogP contribution in [0.4, 0.5) is 0 Å². The molecule has 1 aromatic carbocycles. The first-order valence-electron chi connectivity index (χ1n) is 8.27. The first-order valence-corrected chi connectivity index (χ1v) is 8.27. The lowest BCUT2D eigenvalue weighted by atomic mass is 9.99. The topological polar surface area (TPSA) is 45.8 Å². The van der Waals surface area contributed by atoms with Gasteiger partial charge in [-0.1, -0.05) is 51.7 Å². The minimum Gasteiger partial charge on any atom is -0.309 e. The molecule has 1 aromatic heterocycles. The molecular formula is C18H26N2O. The van der Waals surface area contributed by atoms with E-state index in [1.54, 1.807) is 0 Å². The van der Waals surface area contributed by atoms with Crippen molar-refractivity contribution < 1.29 is 0 Å². The molecule has 0 radical (unpaired) electrons.